The molecule has 21 heavy (non-hydrogen) atoms. The molecule has 0 aromatic heterocycles. The Kier molecular flexibility index (Phi) is 4.34. The zero-order valence-electron chi connectivity index (χ0n) is 11.3. The Morgan fingerprint density at radius 2 is 2.05 bits per heavy atom. The second kappa shape index (κ2) is 6.07. The van der Waals surface area contributed by atoms with Crippen molar-refractivity contribution in [3.05, 3.63) is 56.5 Å². The molecule has 1 unspecified atom stereocenters. The summed E-state index contributed by atoms with van der Waals surface area (Å²) in [5.74, 6) is 1.56. The van der Waals surface area contributed by atoms with E-state index in [1.54, 1.807) is 13.2 Å². The number of methoxy groups -OCH3 is 1. The van der Waals surface area contributed by atoms with E-state index in [1.165, 1.54) is 5.56 Å². The second-order valence-electron chi connectivity index (χ2n) is 4.83. The molecular formula is C16H13BrCl2O2. The standard InChI is InChI=1S/C16H13BrCl2O2/c1-20-14-8-11(18)2-3-12(14)15(19)13-7-10(17)6-9-4-5-21-16(9)13/h2-3,6-8,15H,4-5H2,1H3. The maximum absolute atomic E-state index is 6.70. The molecule has 0 bridgehead atoms. The predicted molar refractivity (Wildman–Crippen MR) is 89.0 cm³/mol. The predicted octanol–water partition coefficient (Wildman–Crippen LogP) is 5.37. The van der Waals surface area contributed by atoms with E-state index >= 15 is 0 Å². The van der Waals surface area contributed by atoms with Gasteiger partial charge in [0.1, 0.15) is 11.5 Å². The zero-order chi connectivity index (χ0) is 15.0. The number of hydrogen-bond donors (Lipinski definition) is 0. The summed E-state index contributed by atoms with van der Waals surface area (Å²) in [7, 11) is 1.61. The van der Waals surface area contributed by atoms with Gasteiger partial charge < -0.3 is 9.47 Å². The third kappa shape index (κ3) is 2.87. The van der Waals surface area contributed by atoms with Gasteiger partial charge in [0, 0.05) is 27.0 Å². The molecule has 0 saturated heterocycles. The summed E-state index contributed by atoms with van der Waals surface area (Å²) < 4.78 is 12.1. The summed E-state index contributed by atoms with van der Waals surface area (Å²) in [6.45, 7) is 0.695. The van der Waals surface area contributed by atoms with Gasteiger partial charge in [0.05, 0.1) is 19.1 Å². The highest BCUT2D eigenvalue weighted by molar-refractivity contribution is 9.10. The van der Waals surface area contributed by atoms with Crippen LogP contribution in [0.5, 0.6) is 11.5 Å². The SMILES string of the molecule is COc1cc(Cl)ccc1C(Cl)c1cc(Br)cc2c1OCC2. The van der Waals surface area contributed by atoms with E-state index in [0.29, 0.717) is 17.4 Å². The average molecular weight is 388 g/mol. The number of fused-ring (bicyclic) bond motifs is 1. The second-order valence-corrected chi connectivity index (χ2v) is 6.62. The molecule has 2 nitrogen and oxygen atoms in total. The number of hydrogen-bond acceptors (Lipinski definition) is 2. The Bertz CT molecular complexity index is 688. The first kappa shape index (κ1) is 15.0. The van der Waals surface area contributed by atoms with E-state index in [9.17, 15) is 0 Å². The molecule has 0 N–H and O–H groups in total. The van der Waals surface area contributed by atoms with E-state index in [2.05, 4.69) is 22.0 Å². The first-order chi connectivity index (χ1) is 10.1. The van der Waals surface area contributed by atoms with Crippen LogP contribution in [0.25, 0.3) is 0 Å². The molecule has 0 saturated carbocycles. The Labute approximate surface area is 142 Å². The van der Waals surface area contributed by atoms with Crippen molar-refractivity contribution in [2.24, 2.45) is 0 Å². The van der Waals surface area contributed by atoms with Crippen molar-refractivity contribution in [2.75, 3.05) is 13.7 Å². The van der Waals surface area contributed by atoms with Crippen molar-refractivity contribution in [1.29, 1.82) is 0 Å². The molecule has 110 valence electrons. The smallest absolute Gasteiger partial charge is 0.127 e. The van der Waals surface area contributed by atoms with E-state index in [0.717, 1.165) is 27.8 Å². The molecule has 2 aromatic rings. The highest BCUT2D eigenvalue weighted by Gasteiger charge is 2.25. The van der Waals surface area contributed by atoms with Crippen LogP contribution < -0.4 is 9.47 Å². The summed E-state index contributed by atoms with van der Waals surface area (Å²) in [4.78, 5) is 0. The van der Waals surface area contributed by atoms with Crippen LogP contribution in [-0.2, 0) is 6.42 Å². The van der Waals surface area contributed by atoms with Gasteiger partial charge in [-0.1, -0.05) is 33.6 Å². The van der Waals surface area contributed by atoms with Crippen LogP contribution in [0.2, 0.25) is 5.02 Å². The lowest BCUT2D eigenvalue weighted by Gasteiger charge is -2.17. The van der Waals surface area contributed by atoms with E-state index in [1.807, 2.05) is 18.2 Å². The number of rotatable bonds is 3. The lowest BCUT2D eigenvalue weighted by atomic mass is 10.00. The minimum Gasteiger partial charge on any atom is -0.496 e. The number of alkyl halides is 1. The fourth-order valence-corrected chi connectivity index (χ4v) is 3.58. The third-order valence-corrected chi connectivity index (χ3v) is 4.68. The van der Waals surface area contributed by atoms with Crippen molar-refractivity contribution < 1.29 is 9.47 Å². The summed E-state index contributed by atoms with van der Waals surface area (Å²) in [5, 5.41) is 0.261. The average Bonchev–Trinajstić information content (AvgIpc) is 2.93. The fraction of sp³-hybridized carbons (Fsp3) is 0.250. The molecule has 5 heteroatoms. The van der Waals surface area contributed by atoms with Gasteiger partial charge >= 0.3 is 0 Å². The first-order valence-corrected chi connectivity index (χ1v) is 8.13. The number of halogens is 3. The molecule has 0 spiro atoms. The van der Waals surface area contributed by atoms with Gasteiger partial charge in [-0.05, 0) is 29.8 Å². The normalized spacial score (nSPS) is 14.5. The largest absolute Gasteiger partial charge is 0.496 e. The summed E-state index contributed by atoms with van der Waals surface area (Å²) in [6, 6.07) is 9.55. The van der Waals surface area contributed by atoms with Gasteiger partial charge in [0.2, 0.25) is 0 Å². The van der Waals surface area contributed by atoms with Crippen LogP contribution in [-0.4, -0.2) is 13.7 Å². The highest BCUT2D eigenvalue weighted by Crippen LogP contribution is 2.44. The van der Waals surface area contributed by atoms with Crippen molar-refractivity contribution in [1.82, 2.24) is 0 Å². The van der Waals surface area contributed by atoms with Crippen molar-refractivity contribution in [3.63, 3.8) is 0 Å². The van der Waals surface area contributed by atoms with Crippen LogP contribution in [0.1, 0.15) is 22.1 Å². The Morgan fingerprint density at radius 3 is 2.81 bits per heavy atom. The molecule has 0 aliphatic carbocycles. The van der Waals surface area contributed by atoms with Crippen molar-refractivity contribution in [3.8, 4) is 11.5 Å². The molecular weight excluding hydrogens is 375 g/mol. The molecule has 1 aliphatic heterocycles. The van der Waals surface area contributed by atoms with Crippen molar-refractivity contribution in [2.45, 2.75) is 11.8 Å². The molecule has 2 aromatic carbocycles. The highest BCUT2D eigenvalue weighted by atomic mass is 79.9. The minimum atomic E-state index is -0.360. The molecule has 0 radical (unpaired) electrons. The zero-order valence-corrected chi connectivity index (χ0v) is 14.4. The Morgan fingerprint density at radius 1 is 1.24 bits per heavy atom. The van der Waals surface area contributed by atoms with Gasteiger partial charge in [-0.3, -0.25) is 0 Å². The molecule has 1 atom stereocenters. The van der Waals surface area contributed by atoms with Gasteiger partial charge in [-0.2, -0.15) is 0 Å². The van der Waals surface area contributed by atoms with Crippen molar-refractivity contribution >= 4 is 39.1 Å². The van der Waals surface area contributed by atoms with E-state index < -0.39 is 0 Å². The summed E-state index contributed by atoms with van der Waals surface area (Å²) in [5.41, 5.74) is 3.00. The van der Waals surface area contributed by atoms with Gasteiger partial charge in [-0.25, -0.2) is 0 Å². The topological polar surface area (TPSA) is 18.5 Å². The fourth-order valence-electron chi connectivity index (χ4n) is 2.55. The first-order valence-electron chi connectivity index (χ1n) is 6.52. The van der Waals surface area contributed by atoms with Gasteiger partial charge in [0.15, 0.2) is 0 Å². The van der Waals surface area contributed by atoms with E-state index in [4.69, 9.17) is 32.7 Å². The summed E-state index contributed by atoms with van der Waals surface area (Å²) in [6.07, 6.45) is 0.906. The van der Waals surface area contributed by atoms with Crippen LogP contribution in [0.15, 0.2) is 34.8 Å². The molecule has 0 amide bonds. The molecule has 1 heterocycles. The van der Waals surface area contributed by atoms with Crippen LogP contribution >= 0.6 is 39.1 Å². The van der Waals surface area contributed by atoms with Gasteiger partial charge in [0.25, 0.3) is 0 Å². The quantitative estimate of drug-likeness (QED) is 0.658. The maximum atomic E-state index is 6.70. The maximum Gasteiger partial charge on any atom is 0.127 e. The van der Waals surface area contributed by atoms with Crippen LogP contribution in [0.4, 0.5) is 0 Å². The Hall–Kier alpha value is -0.900. The van der Waals surface area contributed by atoms with Gasteiger partial charge in [-0.15, -0.1) is 11.6 Å². The van der Waals surface area contributed by atoms with E-state index in [-0.39, 0.29) is 5.38 Å². The Balaban J connectivity index is 2.09. The lowest BCUT2D eigenvalue weighted by molar-refractivity contribution is 0.353. The van der Waals surface area contributed by atoms with Crippen LogP contribution in [0.3, 0.4) is 0 Å². The number of ether oxygens (including phenoxy) is 2. The lowest BCUT2D eigenvalue weighted by Crippen LogP contribution is -2.00. The summed E-state index contributed by atoms with van der Waals surface area (Å²) >= 11 is 16.2. The monoisotopic (exact) mass is 386 g/mol. The third-order valence-electron chi connectivity index (χ3n) is 3.52. The molecule has 0 fully saturated rings. The van der Waals surface area contributed by atoms with Crippen LogP contribution in [0, 0.1) is 0 Å². The minimum absolute atomic E-state index is 0.360. The molecule has 1 aliphatic rings. The number of benzene rings is 2. The molecule has 3 rings (SSSR count).